The molecule has 0 aromatic heterocycles. The Morgan fingerprint density at radius 1 is 1.33 bits per heavy atom. The van der Waals surface area contributed by atoms with Crippen LogP contribution in [0.1, 0.15) is 23.2 Å². The first kappa shape index (κ1) is 13.0. The zero-order chi connectivity index (χ0) is 13.0. The fourth-order valence-corrected chi connectivity index (χ4v) is 2.42. The van der Waals surface area contributed by atoms with Gasteiger partial charge in [-0.05, 0) is 30.9 Å². The van der Waals surface area contributed by atoms with Crippen molar-refractivity contribution in [2.75, 3.05) is 12.3 Å². The number of amides is 1. The van der Waals surface area contributed by atoms with E-state index in [0.717, 1.165) is 6.54 Å². The third kappa shape index (κ3) is 3.77. The van der Waals surface area contributed by atoms with Gasteiger partial charge in [-0.1, -0.05) is 12.1 Å². The Morgan fingerprint density at radius 3 is 2.72 bits per heavy atom. The molecular formula is C13H15NO3S. The van der Waals surface area contributed by atoms with Gasteiger partial charge < -0.3 is 10.4 Å². The fraction of sp³-hybridized carbons (Fsp3) is 0.385. The van der Waals surface area contributed by atoms with Gasteiger partial charge in [-0.15, -0.1) is 11.8 Å². The second-order valence-corrected chi connectivity index (χ2v) is 5.35. The molecule has 1 fully saturated rings. The molecule has 1 amide bonds. The zero-order valence-corrected chi connectivity index (χ0v) is 10.7. The first-order valence-electron chi connectivity index (χ1n) is 5.88. The van der Waals surface area contributed by atoms with Gasteiger partial charge in [-0.2, -0.15) is 0 Å². The summed E-state index contributed by atoms with van der Waals surface area (Å²) < 4.78 is 0. The Hall–Kier alpha value is -1.49. The molecule has 4 nitrogen and oxygen atoms in total. The summed E-state index contributed by atoms with van der Waals surface area (Å²) in [6.45, 7) is 0.750. The van der Waals surface area contributed by atoms with E-state index in [9.17, 15) is 9.59 Å². The molecule has 18 heavy (non-hydrogen) atoms. The quantitative estimate of drug-likeness (QED) is 0.772. The Morgan fingerprint density at radius 2 is 2.06 bits per heavy atom. The van der Waals surface area contributed by atoms with E-state index >= 15 is 0 Å². The minimum atomic E-state index is -0.962. The number of thioether (sulfide) groups is 1. The Bertz CT molecular complexity index is 457. The minimum Gasteiger partial charge on any atom is -0.478 e. The van der Waals surface area contributed by atoms with E-state index in [1.165, 1.54) is 24.6 Å². The van der Waals surface area contributed by atoms with E-state index in [2.05, 4.69) is 5.32 Å². The highest BCUT2D eigenvalue weighted by atomic mass is 32.2. The normalized spacial score (nSPS) is 14.2. The lowest BCUT2D eigenvalue weighted by atomic mass is 10.2. The highest BCUT2D eigenvalue weighted by Gasteiger charge is 2.21. The highest BCUT2D eigenvalue weighted by Crippen LogP contribution is 2.27. The summed E-state index contributed by atoms with van der Waals surface area (Å²) in [7, 11) is 0. The van der Waals surface area contributed by atoms with Crippen molar-refractivity contribution in [3.63, 3.8) is 0 Å². The predicted molar refractivity (Wildman–Crippen MR) is 69.9 cm³/mol. The van der Waals surface area contributed by atoms with E-state index in [1.54, 1.807) is 24.3 Å². The first-order valence-corrected chi connectivity index (χ1v) is 6.87. The van der Waals surface area contributed by atoms with Crippen LogP contribution in [-0.4, -0.2) is 29.3 Å². The van der Waals surface area contributed by atoms with E-state index in [-0.39, 0.29) is 17.2 Å². The van der Waals surface area contributed by atoms with Crippen LogP contribution in [-0.2, 0) is 4.79 Å². The van der Waals surface area contributed by atoms with Crippen LogP contribution in [0.4, 0.5) is 0 Å². The number of carboxylic acids is 1. The largest absolute Gasteiger partial charge is 0.478 e. The lowest BCUT2D eigenvalue weighted by Gasteiger charge is -2.06. The molecule has 0 saturated heterocycles. The maximum atomic E-state index is 11.6. The summed E-state index contributed by atoms with van der Waals surface area (Å²) in [6, 6.07) is 6.73. The van der Waals surface area contributed by atoms with E-state index in [1.807, 2.05) is 0 Å². The SMILES string of the molecule is O=C(CSc1ccccc1C(=O)O)NCC1CC1. The summed E-state index contributed by atoms with van der Waals surface area (Å²) in [6.07, 6.45) is 2.41. The molecule has 2 rings (SSSR count). The number of hydrogen-bond acceptors (Lipinski definition) is 3. The average molecular weight is 265 g/mol. The molecule has 1 aliphatic rings. The highest BCUT2D eigenvalue weighted by molar-refractivity contribution is 8.00. The number of carboxylic acid groups (broad SMARTS) is 1. The molecule has 0 heterocycles. The van der Waals surface area contributed by atoms with Crippen molar-refractivity contribution in [2.24, 2.45) is 5.92 Å². The van der Waals surface area contributed by atoms with Crippen molar-refractivity contribution in [1.29, 1.82) is 0 Å². The first-order chi connectivity index (χ1) is 8.66. The molecule has 96 valence electrons. The predicted octanol–water partition coefficient (Wildman–Crippen LogP) is 2.00. The Kier molecular flexibility index (Phi) is 4.25. The molecule has 0 spiro atoms. The van der Waals surface area contributed by atoms with Gasteiger partial charge in [0.25, 0.3) is 0 Å². The number of benzene rings is 1. The molecule has 1 aromatic rings. The lowest BCUT2D eigenvalue weighted by Crippen LogP contribution is -2.27. The van der Waals surface area contributed by atoms with Gasteiger partial charge in [0.2, 0.25) is 5.91 Å². The summed E-state index contributed by atoms with van der Waals surface area (Å²) in [4.78, 5) is 23.2. The van der Waals surface area contributed by atoms with Crippen LogP contribution in [0.3, 0.4) is 0 Å². The summed E-state index contributed by atoms with van der Waals surface area (Å²) in [5, 5.41) is 11.9. The third-order valence-electron chi connectivity index (χ3n) is 2.76. The number of nitrogens with one attached hydrogen (secondary N) is 1. The molecule has 0 atom stereocenters. The topological polar surface area (TPSA) is 66.4 Å². The zero-order valence-electron chi connectivity index (χ0n) is 9.89. The molecule has 0 bridgehead atoms. The summed E-state index contributed by atoms with van der Waals surface area (Å²) in [5.41, 5.74) is 0.248. The molecule has 0 radical (unpaired) electrons. The second kappa shape index (κ2) is 5.91. The average Bonchev–Trinajstić information content (AvgIpc) is 3.18. The smallest absolute Gasteiger partial charge is 0.336 e. The van der Waals surface area contributed by atoms with Crippen molar-refractivity contribution in [3.8, 4) is 0 Å². The lowest BCUT2D eigenvalue weighted by molar-refractivity contribution is -0.118. The van der Waals surface area contributed by atoms with Crippen LogP contribution >= 0.6 is 11.8 Å². The van der Waals surface area contributed by atoms with E-state index < -0.39 is 5.97 Å². The number of carbonyl (C=O) groups is 2. The van der Waals surface area contributed by atoms with Crippen molar-refractivity contribution in [3.05, 3.63) is 29.8 Å². The van der Waals surface area contributed by atoms with Crippen molar-refractivity contribution >= 4 is 23.6 Å². The van der Waals surface area contributed by atoms with Crippen LogP contribution in [0.25, 0.3) is 0 Å². The molecule has 0 aliphatic heterocycles. The van der Waals surface area contributed by atoms with E-state index in [0.29, 0.717) is 10.8 Å². The molecule has 0 unspecified atom stereocenters. The van der Waals surface area contributed by atoms with Crippen molar-refractivity contribution in [2.45, 2.75) is 17.7 Å². The number of rotatable bonds is 6. The standard InChI is InChI=1S/C13H15NO3S/c15-12(14-7-9-5-6-9)8-18-11-4-2-1-3-10(11)13(16)17/h1-4,9H,5-8H2,(H,14,15)(H,16,17). The van der Waals surface area contributed by atoms with Gasteiger partial charge >= 0.3 is 5.97 Å². The number of hydrogen-bond donors (Lipinski definition) is 2. The maximum absolute atomic E-state index is 11.6. The number of carbonyl (C=O) groups excluding carboxylic acids is 1. The molecule has 5 heteroatoms. The van der Waals surface area contributed by atoms with Crippen molar-refractivity contribution in [1.82, 2.24) is 5.32 Å². The van der Waals surface area contributed by atoms with Gasteiger partial charge in [0.1, 0.15) is 0 Å². The molecule has 1 aliphatic carbocycles. The molecule has 1 saturated carbocycles. The van der Waals surface area contributed by atoms with Gasteiger partial charge in [0.05, 0.1) is 11.3 Å². The molecular weight excluding hydrogens is 250 g/mol. The number of aromatic carboxylic acids is 1. The summed E-state index contributed by atoms with van der Waals surface area (Å²) >= 11 is 1.26. The van der Waals surface area contributed by atoms with Gasteiger partial charge in [0.15, 0.2) is 0 Å². The monoisotopic (exact) mass is 265 g/mol. The summed E-state index contributed by atoms with van der Waals surface area (Å²) in [5.74, 6) is -0.0781. The van der Waals surface area contributed by atoms with Crippen LogP contribution in [0.5, 0.6) is 0 Å². The van der Waals surface area contributed by atoms with Crippen LogP contribution in [0.15, 0.2) is 29.2 Å². The van der Waals surface area contributed by atoms with Gasteiger partial charge in [-0.25, -0.2) is 4.79 Å². The third-order valence-corrected chi connectivity index (χ3v) is 3.83. The molecule has 1 aromatic carbocycles. The van der Waals surface area contributed by atoms with Crippen LogP contribution in [0, 0.1) is 5.92 Å². The minimum absolute atomic E-state index is 0.0351. The Balaban J connectivity index is 1.84. The van der Waals surface area contributed by atoms with Gasteiger partial charge in [0, 0.05) is 11.4 Å². The fourth-order valence-electron chi connectivity index (χ4n) is 1.54. The Labute approximate surface area is 110 Å². The maximum Gasteiger partial charge on any atom is 0.336 e. The molecule has 2 N–H and O–H groups in total. The van der Waals surface area contributed by atoms with E-state index in [4.69, 9.17) is 5.11 Å². The van der Waals surface area contributed by atoms with Crippen LogP contribution in [0.2, 0.25) is 0 Å². The van der Waals surface area contributed by atoms with Gasteiger partial charge in [-0.3, -0.25) is 4.79 Å². The van der Waals surface area contributed by atoms with Crippen molar-refractivity contribution < 1.29 is 14.7 Å². The van der Waals surface area contributed by atoms with Crippen LogP contribution < -0.4 is 5.32 Å². The second-order valence-electron chi connectivity index (χ2n) is 4.34.